The van der Waals surface area contributed by atoms with Crippen LogP contribution in [0.3, 0.4) is 0 Å². The van der Waals surface area contributed by atoms with Gasteiger partial charge in [-0.2, -0.15) is 5.10 Å². The van der Waals surface area contributed by atoms with E-state index in [0.717, 1.165) is 43.6 Å². The summed E-state index contributed by atoms with van der Waals surface area (Å²) >= 11 is 12.5. The van der Waals surface area contributed by atoms with E-state index in [1.807, 2.05) is 0 Å². The van der Waals surface area contributed by atoms with Gasteiger partial charge in [0, 0.05) is 18.2 Å². The van der Waals surface area contributed by atoms with Gasteiger partial charge in [0.25, 0.3) is 5.56 Å². The Labute approximate surface area is 191 Å². The molecule has 1 aliphatic rings. The molecule has 0 radical (unpaired) electrons. The summed E-state index contributed by atoms with van der Waals surface area (Å²) in [4.78, 5) is 14.8. The maximum atomic E-state index is 13.3. The zero-order valence-electron chi connectivity index (χ0n) is 16.6. The highest BCUT2D eigenvalue weighted by Gasteiger charge is 2.23. The second-order valence-electron chi connectivity index (χ2n) is 7.85. The molecule has 0 aliphatic carbocycles. The Morgan fingerprint density at radius 2 is 1.77 bits per heavy atom. The lowest BCUT2D eigenvalue weighted by molar-refractivity contribution is -0.878. The fourth-order valence-electron chi connectivity index (χ4n) is 4.06. The molecule has 1 aromatic heterocycles. The van der Waals surface area contributed by atoms with E-state index in [1.165, 1.54) is 17.0 Å². The van der Waals surface area contributed by atoms with Gasteiger partial charge in [-0.05, 0) is 42.7 Å². The van der Waals surface area contributed by atoms with Crippen molar-refractivity contribution in [1.82, 2.24) is 9.78 Å². The summed E-state index contributed by atoms with van der Waals surface area (Å²) in [6.07, 6.45) is 3.36. The minimum Gasteiger partial charge on any atom is -1.00 e. The molecule has 30 heavy (non-hydrogen) atoms. The summed E-state index contributed by atoms with van der Waals surface area (Å²) in [5.41, 5.74) is 1.53. The van der Waals surface area contributed by atoms with Crippen LogP contribution in [-0.4, -0.2) is 29.9 Å². The third-order valence-corrected chi connectivity index (χ3v) is 6.44. The van der Waals surface area contributed by atoms with E-state index in [9.17, 15) is 9.18 Å². The summed E-state index contributed by atoms with van der Waals surface area (Å²) < 4.78 is 15.0. The van der Waals surface area contributed by atoms with Crippen LogP contribution in [0.2, 0.25) is 10.0 Å². The third-order valence-electron chi connectivity index (χ3n) is 5.71. The maximum Gasteiger partial charge on any atom is 0.274 e. The van der Waals surface area contributed by atoms with Crippen molar-refractivity contribution < 1.29 is 21.7 Å². The van der Waals surface area contributed by atoms with Gasteiger partial charge in [0.05, 0.1) is 47.3 Å². The smallest absolute Gasteiger partial charge is 0.274 e. The largest absolute Gasteiger partial charge is 1.00 e. The van der Waals surface area contributed by atoms with Gasteiger partial charge in [-0.15, -0.1) is 0 Å². The van der Waals surface area contributed by atoms with Crippen LogP contribution >= 0.6 is 23.2 Å². The molecular formula is C22H23Cl3FN3O. The lowest BCUT2D eigenvalue weighted by atomic mass is 10.0. The van der Waals surface area contributed by atoms with E-state index in [2.05, 4.69) is 7.05 Å². The maximum absolute atomic E-state index is 13.3. The van der Waals surface area contributed by atoms with Gasteiger partial charge in [0.2, 0.25) is 0 Å². The van der Waals surface area contributed by atoms with Crippen molar-refractivity contribution in [3.63, 3.8) is 0 Å². The van der Waals surface area contributed by atoms with Gasteiger partial charge in [0.1, 0.15) is 5.82 Å². The predicted molar refractivity (Wildman–Crippen MR) is 115 cm³/mol. The number of halogens is 4. The summed E-state index contributed by atoms with van der Waals surface area (Å²) in [7, 11) is 2.18. The van der Waals surface area contributed by atoms with Crippen LogP contribution in [0.1, 0.15) is 36.6 Å². The Kier molecular flexibility index (Phi) is 7.40. The number of aromatic nitrogens is 2. The van der Waals surface area contributed by atoms with E-state index in [4.69, 9.17) is 28.3 Å². The molecule has 2 unspecified atom stereocenters. The van der Waals surface area contributed by atoms with Crippen molar-refractivity contribution in [2.24, 2.45) is 0 Å². The van der Waals surface area contributed by atoms with Crippen LogP contribution in [0.15, 0.2) is 41.2 Å². The summed E-state index contributed by atoms with van der Waals surface area (Å²) in [6.45, 7) is 2.11. The number of quaternary nitrogens is 1. The van der Waals surface area contributed by atoms with Gasteiger partial charge in [-0.25, -0.2) is 9.07 Å². The molecule has 0 saturated carbocycles. The van der Waals surface area contributed by atoms with Crippen molar-refractivity contribution in [1.29, 1.82) is 0 Å². The molecule has 160 valence electrons. The van der Waals surface area contributed by atoms with Crippen molar-refractivity contribution >= 4 is 34.0 Å². The van der Waals surface area contributed by atoms with E-state index in [1.54, 1.807) is 28.9 Å². The van der Waals surface area contributed by atoms with Crippen molar-refractivity contribution in [3.8, 4) is 0 Å². The summed E-state index contributed by atoms with van der Waals surface area (Å²) in [6, 6.07) is 9.75. The quantitative estimate of drug-likeness (QED) is 0.611. The second-order valence-corrected chi connectivity index (χ2v) is 8.67. The van der Waals surface area contributed by atoms with Crippen LogP contribution in [0.5, 0.6) is 0 Å². The average molecular weight is 471 g/mol. The number of benzene rings is 2. The van der Waals surface area contributed by atoms with Gasteiger partial charge < -0.3 is 17.3 Å². The van der Waals surface area contributed by atoms with Crippen molar-refractivity contribution in [2.45, 2.75) is 31.7 Å². The number of nitrogens with one attached hydrogen (secondary N) is 1. The van der Waals surface area contributed by atoms with Crippen LogP contribution in [0, 0.1) is 5.82 Å². The minimum absolute atomic E-state index is 0. The first-order valence-electron chi connectivity index (χ1n) is 9.88. The van der Waals surface area contributed by atoms with Crippen LogP contribution < -0.4 is 22.9 Å². The number of hydrogen-bond donors (Lipinski definition) is 1. The molecule has 2 heterocycles. The first-order valence-corrected chi connectivity index (χ1v) is 10.6. The van der Waals surface area contributed by atoms with E-state index >= 15 is 0 Å². The molecule has 0 spiro atoms. The zero-order chi connectivity index (χ0) is 20.5. The number of hydrogen-bond acceptors (Lipinski definition) is 2. The molecule has 3 aromatic rings. The zero-order valence-corrected chi connectivity index (χ0v) is 18.9. The molecule has 1 saturated heterocycles. The Bertz CT molecular complexity index is 1100. The molecule has 1 fully saturated rings. The first kappa shape index (κ1) is 23.0. The lowest BCUT2D eigenvalue weighted by Gasteiger charge is -2.19. The van der Waals surface area contributed by atoms with Crippen LogP contribution in [-0.2, 0) is 6.42 Å². The highest BCUT2D eigenvalue weighted by Crippen LogP contribution is 2.29. The van der Waals surface area contributed by atoms with E-state index in [0.29, 0.717) is 27.2 Å². The fraction of sp³-hybridized carbons (Fsp3) is 0.364. The summed E-state index contributed by atoms with van der Waals surface area (Å²) in [5, 5.41) is 6.74. The monoisotopic (exact) mass is 469 g/mol. The molecule has 8 heteroatoms. The molecule has 2 aromatic carbocycles. The Balaban J connectivity index is 0.00000256. The average Bonchev–Trinajstić information content (AvgIpc) is 2.92. The third kappa shape index (κ3) is 4.80. The van der Waals surface area contributed by atoms with Gasteiger partial charge in [0.15, 0.2) is 0 Å². The minimum atomic E-state index is -0.281. The Morgan fingerprint density at radius 1 is 1.10 bits per heavy atom. The molecule has 0 bridgehead atoms. The standard InChI is InChI=1S/C22H22Cl2FN3O.ClH/c1-27-9-2-3-16(8-10-27)28-22(29)18-13-20(24)19(23)12-17(18)21(26-28)11-14-4-6-15(25)7-5-14;/h4-7,12-13,16H,2-3,8-11H2,1H3;1H. The van der Waals surface area contributed by atoms with E-state index in [-0.39, 0.29) is 29.8 Å². The molecule has 0 amide bonds. The van der Waals surface area contributed by atoms with Gasteiger partial charge in [-0.1, -0.05) is 35.3 Å². The second kappa shape index (κ2) is 9.65. The highest BCUT2D eigenvalue weighted by molar-refractivity contribution is 6.42. The number of fused-ring (bicyclic) bond motifs is 1. The van der Waals surface area contributed by atoms with Crippen LogP contribution in [0.25, 0.3) is 10.8 Å². The number of rotatable bonds is 3. The number of nitrogens with zero attached hydrogens (tertiary/aromatic N) is 2. The van der Waals surface area contributed by atoms with Gasteiger partial charge >= 0.3 is 0 Å². The fourth-order valence-corrected chi connectivity index (χ4v) is 4.38. The molecule has 4 rings (SSSR count). The van der Waals surface area contributed by atoms with E-state index < -0.39 is 0 Å². The first-order chi connectivity index (χ1) is 13.9. The topological polar surface area (TPSA) is 39.3 Å². The molecule has 1 N–H and O–H groups in total. The SMILES string of the molecule is C[NH+]1CCCC(n2nc(Cc3ccc(F)cc3)c3cc(Cl)c(Cl)cc3c2=O)CC1.[Cl-]. The molecule has 2 atom stereocenters. The number of likely N-dealkylation sites (tertiary alicyclic amines) is 1. The summed E-state index contributed by atoms with van der Waals surface area (Å²) in [5.74, 6) is -0.281. The van der Waals surface area contributed by atoms with Crippen molar-refractivity contribution in [2.75, 3.05) is 20.1 Å². The van der Waals surface area contributed by atoms with Crippen molar-refractivity contribution in [3.05, 3.63) is 73.9 Å². The normalized spacial score (nSPS) is 19.3. The van der Waals surface area contributed by atoms with Gasteiger partial charge in [-0.3, -0.25) is 4.79 Å². The molecular weight excluding hydrogens is 448 g/mol. The predicted octanol–water partition coefficient (Wildman–Crippen LogP) is 0.677. The highest BCUT2D eigenvalue weighted by atomic mass is 35.5. The molecule has 1 aliphatic heterocycles. The Hall–Kier alpha value is -1.66. The lowest BCUT2D eigenvalue weighted by Crippen LogP contribution is -3.08. The molecule has 4 nitrogen and oxygen atoms in total. The Morgan fingerprint density at radius 3 is 2.47 bits per heavy atom. The van der Waals surface area contributed by atoms with Crippen LogP contribution in [0.4, 0.5) is 4.39 Å².